The Bertz CT molecular complexity index is 523. The third-order valence-corrected chi connectivity index (χ3v) is 3.02. The van der Waals surface area contributed by atoms with Gasteiger partial charge < -0.3 is 19.4 Å². The molecule has 2 rings (SSSR count). The van der Waals surface area contributed by atoms with Crippen LogP contribution in [0.4, 0.5) is 0 Å². The van der Waals surface area contributed by atoms with Crippen molar-refractivity contribution in [2.45, 2.75) is 20.0 Å². The molecule has 108 valence electrons. The van der Waals surface area contributed by atoms with Gasteiger partial charge in [-0.25, -0.2) is 0 Å². The van der Waals surface area contributed by atoms with Crippen LogP contribution in [-0.4, -0.2) is 24.8 Å². The zero-order chi connectivity index (χ0) is 14.2. The Balaban J connectivity index is 1.91. The lowest BCUT2D eigenvalue weighted by molar-refractivity contribution is 0.265. The second-order valence-corrected chi connectivity index (χ2v) is 4.45. The first-order chi connectivity index (χ1) is 9.85. The average Bonchev–Trinajstić information content (AvgIpc) is 2.89. The molecule has 0 saturated carbocycles. The van der Waals surface area contributed by atoms with E-state index in [-0.39, 0.29) is 0 Å². The number of benzene rings is 1. The van der Waals surface area contributed by atoms with E-state index in [0.29, 0.717) is 13.2 Å². The summed E-state index contributed by atoms with van der Waals surface area (Å²) in [5.74, 6) is 1.61. The standard InChI is InChI=1S/C16H22N2O2/c1-3-19-15-8-4-5-9-16(15)20-12-11-18-10-6-7-14(18)13-17-2/h4-10,17H,3,11-13H2,1-2H3. The Morgan fingerprint density at radius 3 is 2.50 bits per heavy atom. The van der Waals surface area contributed by atoms with Crippen molar-refractivity contribution in [3.63, 3.8) is 0 Å². The first kappa shape index (κ1) is 14.5. The van der Waals surface area contributed by atoms with Gasteiger partial charge in [0.15, 0.2) is 11.5 Å². The molecule has 1 N–H and O–H groups in total. The van der Waals surface area contributed by atoms with Crippen molar-refractivity contribution in [1.82, 2.24) is 9.88 Å². The van der Waals surface area contributed by atoms with Crippen LogP contribution in [0.2, 0.25) is 0 Å². The lowest BCUT2D eigenvalue weighted by Crippen LogP contribution is -2.14. The van der Waals surface area contributed by atoms with Crippen molar-refractivity contribution in [3.8, 4) is 11.5 Å². The first-order valence-corrected chi connectivity index (χ1v) is 6.98. The summed E-state index contributed by atoms with van der Waals surface area (Å²) in [4.78, 5) is 0. The van der Waals surface area contributed by atoms with Gasteiger partial charge in [-0.15, -0.1) is 0 Å². The fourth-order valence-electron chi connectivity index (χ4n) is 2.11. The molecule has 0 aliphatic carbocycles. The summed E-state index contributed by atoms with van der Waals surface area (Å²) < 4.78 is 13.6. The van der Waals surface area contributed by atoms with E-state index in [1.165, 1.54) is 5.69 Å². The van der Waals surface area contributed by atoms with Crippen molar-refractivity contribution >= 4 is 0 Å². The van der Waals surface area contributed by atoms with Gasteiger partial charge in [0.1, 0.15) is 6.61 Å². The number of hydrogen-bond donors (Lipinski definition) is 1. The van der Waals surface area contributed by atoms with Crippen LogP contribution in [0.25, 0.3) is 0 Å². The van der Waals surface area contributed by atoms with Gasteiger partial charge in [0.05, 0.1) is 13.2 Å². The predicted octanol–water partition coefficient (Wildman–Crippen LogP) is 2.69. The van der Waals surface area contributed by atoms with Crippen molar-refractivity contribution < 1.29 is 9.47 Å². The molecule has 0 aliphatic heterocycles. The summed E-state index contributed by atoms with van der Waals surface area (Å²) in [6, 6.07) is 12.0. The topological polar surface area (TPSA) is 35.4 Å². The molecule has 20 heavy (non-hydrogen) atoms. The molecule has 1 aromatic heterocycles. The highest BCUT2D eigenvalue weighted by Crippen LogP contribution is 2.26. The molecular formula is C16H22N2O2. The Labute approximate surface area is 120 Å². The van der Waals surface area contributed by atoms with E-state index >= 15 is 0 Å². The molecule has 0 bridgehead atoms. The van der Waals surface area contributed by atoms with Crippen LogP contribution >= 0.6 is 0 Å². The van der Waals surface area contributed by atoms with Crippen LogP contribution in [0, 0.1) is 0 Å². The van der Waals surface area contributed by atoms with Crippen LogP contribution < -0.4 is 14.8 Å². The molecule has 4 nitrogen and oxygen atoms in total. The largest absolute Gasteiger partial charge is 0.490 e. The maximum atomic E-state index is 5.83. The van der Waals surface area contributed by atoms with Crippen LogP contribution in [0.1, 0.15) is 12.6 Å². The van der Waals surface area contributed by atoms with Gasteiger partial charge in [-0.1, -0.05) is 12.1 Å². The van der Waals surface area contributed by atoms with Gasteiger partial charge in [-0.2, -0.15) is 0 Å². The third-order valence-electron chi connectivity index (χ3n) is 3.02. The second kappa shape index (κ2) is 7.60. The lowest BCUT2D eigenvalue weighted by Gasteiger charge is -2.13. The van der Waals surface area contributed by atoms with E-state index in [2.05, 4.69) is 28.2 Å². The lowest BCUT2D eigenvalue weighted by atomic mass is 10.3. The zero-order valence-electron chi connectivity index (χ0n) is 12.1. The minimum Gasteiger partial charge on any atom is -0.490 e. The van der Waals surface area contributed by atoms with Crippen LogP contribution in [0.3, 0.4) is 0 Å². The molecule has 4 heteroatoms. The maximum Gasteiger partial charge on any atom is 0.161 e. The van der Waals surface area contributed by atoms with Gasteiger partial charge in [-0.3, -0.25) is 0 Å². The van der Waals surface area contributed by atoms with Gasteiger partial charge >= 0.3 is 0 Å². The summed E-state index contributed by atoms with van der Waals surface area (Å²) in [6.07, 6.45) is 2.07. The molecule has 0 radical (unpaired) electrons. The molecule has 1 heterocycles. The van der Waals surface area contributed by atoms with Gasteiger partial charge in [-0.05, 0) is 38.2 Å². The molecule has 0 spiro atoms. The Kier molecular flexibility index (Phi) is 5.50. The number of aromatic nitrogens is 1. The van der Waals surface area contributed by atoms with Gasteiger partial charge in [0.25, 0.3) is 0 Å². The number of nitrogens with one attached hydrogen (secondary N) is 1. The predicted molar refractivity (Wildman–Crippen MR) is 80.3 cm³/mol. The fraction of sp³-hybridized carbons (Fsp3) is 0.375. The summed E-state index contributed by atoms with van der Waals surface area (Å²) in [5, 5.41) is 3.16. The summed E-state index contributed by atoms with van der Waals surface area (Å²) in [6.45, 7) is 4.92. The van der Waals surface area contributed by atoms with E-state index in [1.807, 2.05) is 38.2 Å². The summed E-state index contributed by atoms with van der Waals surface area (Å²) >= 11 is 0. The quantitative estimate of drug-likeness (QED) is 0.804. The van der Waals surface area contributed by atoms with Crippen molar-refractivity contribution in [3.05, 3.63) is 48.3 Å². The molecule has 0 unspecified atom stereocenters. The fourth-order valence-corrected chi connectivity index (χ4v) is 2.11. The summed E-state index contributed by atoms with van der Waals surface area (Å²) in [5.41, 5.74) is 1.26. The van der Waals surface area contributed by atoms with E-state index in [4.69, 9.17) is 9.47 Å². The van der Waals surface area contributed by atoms with Crippen LogP contribution in [-0.2, 0) is 13.1 Å². The highest BCUT2D eigenvalue weighted by atomic mass is 16.5. The zero-order valence-corrected chi connectivity index (χ0v) is 12.1. The molecule has 2 aromatic rings. The van der Waals surface area contributed by atoms with E-state index < -0.39 is 0 Å². The minimum atomic E-state index is 0.621. The van der Waals surface area contributed by atoms with Crippen LogP contribution in [0.15, 0.2) is 42.6 Å². The number of ether oxygens (including phenoxy) is 2. The van der Waals surface area contributed by atoms with Crippen molar-refractivity contribution in [2.24, 2.45) is 0 Å². The van der Waals surface area contributed by atoms with E-state index in [1.54, 1.807) is 0 Å². The molecule has 0 aliphatic rings. The monoisotopic (exact) mass is 274 g/mol. The van der Waals surface area contributed by atoms with Gasteiger partial charge in [0.2, 0.25) is 0 Å². The third kappa shape index (κ3) is 3.78. The Morgan fingerprint density at radius 1 is 1.05 bits per heavy atom. The summed E-state index contributed by atoms with van der Waals surface area (Å²) in [7, 11) is 1.95. The van der Waals surface area contributed by atoms with Crippen LogP contribution in [0.5, 0.6) is 11.5 Å². The number of para-hydroxylation sites is 2. The molecule has 0 atom stereocenters. The minimum absolute atomic E-state index is 0.621. The maximum absolute atomic E-state index is 5.83. The highest BCUT2D eigenvalue weighted by Gasteiger charge is 2.04. The van der Waals surface area contributed by atoms with Crippen molar-refractivity contribution in [2.75, 3.05) is 20.3 Å². The van der Waals surface area contributed by atoms with E-state index in [0.717, 1.165) is 24.6 Å². The highest BCUT2D eigenvalue weighted by molar-refractivity contribution is 5.39. The normalized spacial score (nSPS) is 10.5. The molecule has 0 amide bonds. The molecular weight excluding hydrogens is 252 g/mol. The number of hydrogen-bond acceptors (Lipinski definition) is 3. The molecule has 1 aromatic carbocycles. The molecule has 0 saturated heterocycles. The van der Waals surface area contributed by atoms with Crippen molar-refractivity contribution in [1.29, 1.82) is 0 Å². The van der Waals surface area contributed by atoms with E-state index in [9.17, 15) is 0 Å². The molecule has 0 fully saturated rings. The Hall–Kier alpha value is -1.94. The number of nitrogens with zero attached hydrogens (tertiary/aromatic N) is 1. The van der Waals surface area contributed by atoms with Gasteiger partial charge in [0, 0.05) is 18.4 Å². The second-order valence-electron chi connectivity index (χ2n) is 4.45. The SMILES string of the molecule is CCOc1ccccc1OCCn1cccc1CNC. The number of rotatable bonds is 8. The first-order valence-electron chi connectivity index (χ1n) is 6.98. The average molecular weight is 274 g/mol. The Morgan fingerprint density at radius 2 is 1.80 bits per heavy atom. The smallest absolute Gasteiger partial charge is 0.161 e.